The molecule has 3 rings (SSSR count). The summed E-state index contributed by atoms with van der Waals surface area (Å²) in [5, 5.41) is 7.07. The van der Waals surface area contributed by atoms with Crippen molar-refractivity contribution in [2.24, 2.45) is 0 Å². The van der Waals surface area contributed by atoms with Crippen LogP contribution in [-0.4, -0.2) is 30.1 Å². The van der Waals surface area contributed by atoms with Crippen molar-refractivity contribution in [3.05, 3.63) is 74.1 Å². The van der Waals surface area contributed by atoms with Gasteiger partial charge >= 0.3 is 0 Å². The molecule has 0 atom stereocenters. The van der Waals surface area contributed by atoms with Crippen LogP contribution in [0.1, 0.15) is 83.1 Å². The fraction of sp³-hybridized carbons (Fsp3) is 0.500. The molecule has 0 aromatic carbocycles. The largest absolute Gasteiger partial charge is 0.262 e. The molecule has 0 amide bonds. The molecule has 3 aromatic rings. The number of aromatic nitrogens is 6. The van der Waals surface area contributed by atoms with Crippen LogP contribution in [0.25, 0.3) is 0 Å². The Morgan fingerprint density at radius 1 is 0.300 bits per heavy atom. The van der Waals surface area contributed by atoms with Crippen LogP contribution in [-0.2, 0) is 0 Å². The van der Waals surface area contributed by atoms with Gasteiger partial charge in [-0.05, 0) is 18.2 Å². The predicted molar refractivity (Wildman–Crippen MR) is 134 cm³/mol. The molecule has 0 bridgehead atoms. The molecule has 0 N–H and O–H groups in total. The van der Waals surface area contributed by atoms with Gasteiger partial charge in [0.1, 0.15) is 6.33 Å². The van der Waals surface area contributed by atoms with Crippen LogP contribution in [0.2, 0.25) is 0 Å². The van der Waals surface area contributed by atoms with E-state index >= 15 is 0 Å². The lowest BCUT2D eigenvalue weighted by molar-refractivity contribution is 1.03. The van der Waals surface area contributed by atoms with Gasteiger partial charge in [-0.3, -0.25) is 9.97 Å². The highest BCUT2D eigenvalue weighted by Gasteiger charge is 1.60. The number of nitrogens with zero attached hydrogens (tertiary/aromatic N) is 6. The van der Waals surface area contributed by atoms with Crippen LogP contribution < -0.4 is 0 Å². The topological polar surface area (TPSA) is 77.3 Å². The van der Waals surface area contributed by atoms with Gasteiger partial charge in [0.25, 0.3) is 0 Å². The van der Waals surface area contributed by atoms with Crippen molar-refractivity contribution in [1.29, 1.82) is 0 Å². The third-order valence-electron chi connectivity index (χ3n) is 1.44. The molecule has 0 unspecified atom stereocenters. The Hall–Kier alpha value is -2.76. The first-order chi connectivity index (χ1) is 15.0. The van der Waals surface area contributed by atoms with Gasteiger partial charge in [-0.2, -0.15) is 10.2 Å². The Bertz CT molecular complexity index is 312. The Morgan fingerprint density at radius 2 is 0.600 bits per heavy atom. The normalized spacial score (nSPS) is 6.00. The van der Waals surface area contributed by atoms with Gasteiger partial charge in [0.2, 0.25) is 0 Å². The lowest BCUT2D eigenvalue weighted by Crippen LogP contribution is -1.69. The van der Waals surface area contributed by atoms with E-state index < -0.39 is 0 Å². The van der Waals surface area contributed by atoms with Gasteiger partial charge in [0.05, 0.1) is 0 Å². The first kappa shape index (κ1) is 41.6. The second-order valence-electron chi connectivity index (χ2n) is 2.71. The Labute approximate surface area is 187 Å². The summed E-state index contributed by atoms with van der Waals surface area (Å²) in [6.07, 6.45) is 14.7. The van der Waals surface area contributed by atoms with Crippen LogP contribution in [0.3, 0.4) is 0 Å². The minimum atomic E-state index is 1.50. The summed E-state index contributed by atoms with van der Waals surface area (Å²) in [6.45, 7) is 24.0. The van der Waals surface area contributed by atoms with E-state index in [4.69, 9.17) is 0 Å². The van der Waals surface area contributed by atoms with Crippen LogP contribution in [0.15, 0.2) is 74.1 Å². The number of rotatable bonds is 0. The molecule has 0 aliphatic carbocycles. The Kier molecular flexibility index (Phi) is 99.7. The summed E-state index contributed by atoms with van der Waals surface area (Å²) in [6, 6.07) is 5.43. The van der Waals surface area contributed by atoms with Crippen molar-refractivity contribution in [2.45, 2.75) is 83.1 Å². The highest BCUT2D eigenvalue weighted by atomic mass is 15.1. The molecule has 3 aromatic heterocycles. The van der Waals surface area contributed by atoms with Gasteiger partial charge in [0, 0.05) is 49.6 Å². The predicted octanol–water partition coefficient (Wildman–Crippen LogP) is 7.59. The maximum absolute atomic E-state index is 3.72. The lowest BCUT2D eigenvalue weighted by atomic mass is 10.6. The molecular formula is C24H48N6. The van der Waals surface area contributed by atoms with E-state index in [-0.39, 0.29) is 0 Å². The summed E-state index contributed by atoms with van der Waals surface area (Å²) in [7, 11) is 0. The molecule has 0 aliphatic heterocycles. The molecule has 0 aliphatic rings. The second-order valence-corrected chi connectivity index (χ2v) is 2.71. The van der Waals surface area contributed by atoms with E-state index in [0.29, 0.717) is 0 Å². The molecule has 174 valence electrons. The summed E-state index contributed by atoms with van der Waals surface area (Å²) >= 11 is 0. The van der Waals surface area contributed by atoms with Gasteiger partial charge in [-0.15, -0.1) is 0 Å². The van der Waals surface area contributed by atoms with E-state index in [9.17, 15) is 0 Å². The van der Waals surface area contributed by atoms with E-state index in [1.165, 1.54) is 6.33 Å². The fourth-order valence-electron chi connectivity index (χ4n) is 0.760. The standard InChI is InChI=1S/3C4H4N2.6C2H6/c1-2-6-4-3-5-1;1-2-5-4-6-3-1;1-2-4-6-5-3-1;6*1-2/h3*1-4H;6*1-2H3. The van der Waals surface area contributed by atoms with Crippen LogP contribution in [0.5, 0.6) is 0 Å². The average molecular weight is 421 g/mol. The van der Waals surface area contributed by atoms with Gasteiger partial charge < -0.3 is 0 Å². The van der Waals surface area contributed by atoms with Gasteiger partial charge in [-0.1, -0.05) is 83.1 Å². The molecule has 0 spiro atoms. The molecule has 0 saturated heterocycles. The number of hydrogen-bond donors (Lipinski definition) is 0. The zero-order valence-corrected chi connectivity index (χ0v) is 21.6. The van der Waals surface area contributed by atoms with E-state index in [1.54, 1.807) is 55.6 Å². The second kappa shape index (κ2) is 72.0. The lowest BCUT2D eigenvalue weighted by Gasteiger charge is -1.70. The monoisotopic (exact) mass is 420 g/mol. The summed E-state index contributed by atoms with van der Waals surface area (Å²) in [4.78, 5) is 14.8. The third kappa shape index (κ3) is 63.9. The minimum absolute atomic E-state index is 1.50. The molecule has 6 heteroatoms. The molecular weight excluding hydrogens is 372 g/mol. The van der Waals surface area contributed by atoms with Crippen molar-refractivity contribution in [2.75, 3.05) is 0 Å². The number of hydrogen-bond acceptors (Lipinski definition) is 6. The highest BCUT2D eigenvalue weighted by Crippen LogP contribution is 1.68. The van der Waals surface area contributed by atoms with Crippen LogP contribution in [0.4, 0.5) is 0 Å². The summed E-state index contributed by atoms with van der Waals surface area (Å²) < 4.78 is 0. The van der Waals surface area contributed by atoms with Gasteiger partial charge in [-0.25, -0.2) is 9.97 Å². The smallest absolute Gasteiger partial charge is 0.115 e. The van der Waals surface area contributed by atoms with Crippen LogP contribution in [0, 0.1) is 0 Å². The van der Waals surface area contributed by atoms with E-state index in [0.717, 1.165) is 0 Å². The first-order valence-electron chi connectivity index (χ1n) is 11.1. The zero-order valence-electron chi connectivity index (χ0n) is 21.6. The maximum atomic E-state index is 3.72. The summed E-state index contributed by atoms with van der Waals surface area (Å²) in [5.41, 5.74) is 0. The van der Waals surface area contributed by atoms with E-state index in [2.05, 4.69) is 30.1 Å². The first-order valence-corrected chi connectivity index (χ1v) is 11.1. The minimum Gasteiger partial charge on any atom is -0.262 e. The molecule has 0 saturated carbocycles. The van der Waals surface area contributed by atoms with Crippen molar-refractivity contribution in [3.63, 3.8) is 0 Å². The Morgan fingerprint density at radius 3 is 0.700 bits per heavy atom. The molecule has 30 heavy (non-hydrogen) atoms. The van der Waals surface area contributed by atoms with Crippen molar-refractivity contribution < 1.29 is 0 Å². The summed E-state index contributed by atoms with van der Waals surface area (Å²) in [5.74, 6) is 0. The SMILES string of the molecule is CC.CC.CC.CC.CC.CC.c1ccnnc1.c1cnccn1.c1cncnc1. The average Bonchev–Trinajstić information content (AvgIpc) is 2.95. The zero-order chi connectivity index (χ0) is 24.7. The quantitative estimate of drug-likeness (QED) is 0.373. The highest BCUT2D eigenvalue weighted by molar-refractivity contribution is 4.80. The van der Waals surface area contributed by atoms with Crippen molar-refractivity contribution in [1.82, 2.24) is 30.1 Å². The van der Waals surface area contributed by atoms with E-state index in [1.807, 2.05) is 95.2 Å². The molecule has 0 fully saturated rings. The third-order valence-corrected chi connectivity index (χ3v) is 1.44. The Balaban J connectivity index is -0.0000000579. The molecule has 6 nitrogen and oxygen atoms in total. The van der Waals surface area contributed by atoms with Gasteiger partial charge in [0.15, 0.2) is 0 Å². The van der Waals surface area contributed by atoms with Crippen molar-refractivity contribution >= 4 is 0 Å². The van der Waals surface area contributed by atoms with Crippen LogP contribution >= 0.6 is 0 Å². The molecule has 0 radical (unpaired) electrons. The maximum Gasteiger partial charge on any atom is 0.115 e. The molecule has 3 heterocycles. The van der Waals surface area contributed by atoms with Crippen molar-refractivity contribution in [3.8, 4) is 0 Å². The fourth-order valence-corrected chi connectivity index (χ4v) is 0.760.